The van der Waals surface area contributed by atoms with Crippen molar-refractivity contribution in [1.82, 2.24) is 5.32 Å². The quantitative estimate of drug-likeness (QED) is 0.339. The fourth-order valence-corrected chi connectivity index (χ4v) is 3.75. The average Bonchev–Trinajstić information content (AvgIpc) is 2.91. The molecule has 0 bridgehead atoms. The first kappa shape index (κ1) is 20.6. The number of aromatic hydroxyl groups is 2. The molecule has 0 spiro atoms. The summed E-state index contributed by atoms with van der Waals surface area (Å²) >= 11 is 0. The lowest BCUT2D eigenvalue weighted by molar-refractivity contribution is -0.123. The molecule has 0 fully saturated rings. The number of hydrogen-bond donors (Lipinski definition) is 4. The molecule has 4 N–H and O–H groups in total. The second-order valence-corrected chi connectivity index (χ2v) is 7.62. The van der Waals surface area contributed by atoms with Crippen molar-refractivity contribution < 1.29 is 34.4 Å². The number of carbonyl (C=O) groups excluding carboxylic acids is 3. The third-order valence-corrected chi connectivity index (χ3v) is 5.42. The molecule has 29 heavy (non-hydrogen) atoms. The van der Waals surface area contributed by atoms with Crippen LogP contribution in [-0.4, -0.2) is 45.3 Å². The lowest BCUT2D eigenvalue weighted by Gasteiger charge is -2.29. The number of carbonyl (C=O) groups is 3. The third kappa shape index (κ3) is 2.82. The Morgan fingerprint density at radius 1 is 1.24 bits per heavy atom. The van der Waals surface area contributed by atoms with Gasteiger partial charge in [-0.25, -0.2) is 0 Å². The smallest absolute Gasteiger partial charge is 0.194 e. The van der Waals surface area contributed by atoms with Crippen molar-refractivity contribution >= 4 is 17.3 Å². The summed E-state index contributed by atoms with van der Waals surface area (Å²) in [5, 5.41) is 33.4. The van der Waals surface area contributed by atoms with Gasteiger partial charge in [-0.1, -0.05) is 0 Å². The van der Waals surface area contributed by atoms with Gasteiger partial charge in [0, 0.05) is 23.9 Å². The zero-order valence-electron chi connectivity index (χ0n) is 16.8. The number of ether oxygens (including phenoxy) is 1. The highest BCUT2D eigenvalue weighted by Crippen LogP contribution is 2.57. The predicted molar refractivity (Wildman–Crippen MR) is 103 cm³/mol. The van der Waals surface area contributed by atoms with Gasteiger partial charge in [-0.05, 0) is 34.6 Å². The van der Waals surface area contributed by atoms with E-state index in [-0.39, 0.29) is 51.8 Å². The second-order valence-electron chi connectivity index (χ2n) is 7.62. The number of rotatable bonds is 4. The average molecular weight is 401 g/mol. The lowest BCUT2D eigenvalue weighted by atomic mass is 9.70. The summed E-state index contributed by atoms with van der Waals surface area (Å²) in [6.07, 6.45) is 0.462. The number of benzene rings is 1. The fraction of sp³-hybridized carbons (Fsp3) is 0.381. The Bertz CT molecular complexity index is 1030. The predicted octanol–water partition coefficient (Wildman–Crippen LogP) is 1.54. The standard InChI is InChI=1S/C21H23NO7/c1-8(23)7-22-10(3)14-12(25)6-13-21(5,20(14)28)16-18(27)9(2)17(26)15(11(4)24)19(16)29-13/h6,8,22-23,26-27H,7H2,1-5H3. The first-order valence-electron chi connectivity index (χ1n) is 9.14. The highest BCUT2D eigenvalue weighted by Gasteiger charge is 2.56. The Morgan fingerprint density at radius 3 is 2.41 bits per heavy atom. The summed E-state index contributed by atoms with van der Waals surface area (Å²) in [5.74, 6) is -2.64. The van der Waals surface area contributed by atoms with Gasteiger partial charge < -0.3 is 25.4 Å². The first-order valence-corrected chi connectivity index (χ1v) is 9.14. The highest BCUT2D eigenvalue weighted by molar-refractivity contribution is 6.31. The largest absolute Gasteiger partial charge is 0.507 e. The molecule has 154 valence electrons. The topological polar surface area (TPSA) is 133 Å². The molecule has 1 heterocycles. The summed E-state index contributed by atoms with van der Waals surface area (Å²) in [7, 11) is 0. The Hall–Kier alpha value is -3.13. The van der Waals surface area contributed by atoms with Crippen LogP contribution in [0.1, 0.15) is 49.2 Å². The van der Waals surface area contributed by atoms with Crippen molar-refractivity contribution in [3.05, 3.63) is 39.8 Å². The minimum Gasteiger partial charge on any atom is -0.507 e. The molecule has 8 nitrogen and oxygen atoms in total. The van der Waals surface area contributed by atoms with Gasteiger partial charge in [-0.15, -0.1) is 0 Å². The minimum absolute atomic E-state index is 0.0163. The molecule has 0 saturated carbocycles. The number of hydrogen-bond acceptors (Lipinski definition) is 8. The summed E-state index contributed by atoms with van der Waals surface area (Å²) in [6.45, 7) is 7.41. The molecule has 0 aromatic heterocycles. The van der Waals surface area contributed by atoms with E-state index in [0.717, 1.165) is 6.08 Å². The third-order valence-electron chi connectivity index (χ3n) is 5.42. The molecule has 1 aromatic rings. The fourth-order valence-electron chi connectivity index (χ4n) is 3.75. The zero-order chi connectivity index (χ0) is 21.8. The molecule has 0 radical (unpaired) electrons. The number of fused-ring (bicyclic) bond motifs is 3. The van der Waals surface area contributed by atoms with E-state index in [9.17, 15) is 29.7 Å². The van der Waals surface area contributed by atoms with Crippen LogP contribution in [0.5, 0.6) is 17.2 Å². The summed E-state index contributed by atoms with van der Waals surface area (Å²) < 4.78 is 5.69. The van der Waals surface area contributed by atoms with E-state index in [2.05, 4.69) is 5.32 Å². The van der Waals surface area contributed by atoms with Crippen LogP contribution < -0.4 is 10.1 Å². The van der Waals surface area contributed by atoms with Crippen LogP contribution >= 0.6 is 0 Å². The van der Waals surface area contributed by atoms with Crippen molar-refractivity contribution in [2.75, 3.05) is 6.54 Å². The van der Waals surface area contributed by atoms with Crippen LogP contribution in [0.25, 0.3) is 0 Å². The maximum absolute atomic E-state index is 13.5. The number of aliphatic hydroxyl groups excluding tert-OH is 1. The SMILES string of the molecule is CC(=O)c1c(O)c(C)c(O)c2c1OC1=CC(=O)C(=C(C)NCC(C)O)C(=O)C12C. The molecule has 2 unspecified atom stereocenters. The molecule has 1 aliphatic heterocycles. The zero-order valence-corrected chi connectivity index (χ0v) is 16.8. The van der Waals surface area contributed by atoms with E-state index < -0.39 is 34.6 Å². The van der Waals surface area contributed by atoms with Crippen molar-refractivity contribution in [1.29, 1.82) is 0 Å². The molecule has 2 aliphatic rings. The summed E-state index contributed by atoms with van der Waals surface area (Å²) in [4.78, 5) is 38.2. The molecular formula is C21H23NO7. The summed E-state index contributed by atoms with van der Waals surface area (Å²) in [6, 6.07) is 0. The Labute approximate surface area is 167 Å². The van der Waals surface area contributed by atoms with Crippen LogP contribution in [0.4, 0.5) is 0 Å². The van der Waals surface area contributed by atoms with Gasteiger partial charge in [0.05, 0.1) is 17.2 Å². The lowest BCUT2D eigenvalue weighted by Crippen LogP contribution is -2.41. The number of ketones is 3. The van der Waals surface area contributed by atoms with E-state index in [1.807, 2.05) is 0 Å². The van der Waals surface area contributed by atoms with Crippen LogP contribution in [0.2, 0.25) is 0 Å². The number of nitrogens with one attached hydrogen (secondary N) is 1. The van der Waals surface area contributed by atoms with Gasteiger partial charge in [0.1, 0.15) is 34.0 Å². The van der Waals surface area contributed by atoms with E-state index >= 15 is 0 Å². The Morgan fingerprint density at radius 2 is 1.86 bits per heavy atom. The highest BCUT2D eigenvalue weighted by atomic mass is 16.5. The normalized spacial score (nSPS) is 23.0. The van der Waals surface area contributed by atoms with Crippen LogP contribution in [-0.2, 0) is 15.0 Å². The van der Waals surface area contributed by atoms with E-state index in [1.165, 1.54) is 20.8 Å². The van der Waals surface area contributed by atoms with Gasteiger partial charge in [0.2, 0.25) is 0 Å². The van der Waals surface area contributed by atoms with Crippen molar-refractivity contribution in [2.24, 2.45) is 0 Å². The Kier molecular flexibility index (Phi) is 4.78. The van der Waals surface area contributed by atoms with Crippen molar-refractivity contribution in [3.63, 3.8) is 0 Å². The molecule has 1 aromatic carbocycles. The number of Topliss-reactive ketones (excluding diaryl/α,β-unsaturated/α-hetero) is 2. The number of allylic oxidation sites excluding steroid dienone is 4. The maximum atomic E-state index is 13.5. The molecule has 1 aliphatic carbocycles. The Balaban J connectivity index is 2.28. The summed E-state index contributed by atoms with van der Waals surface area (Å²) in [5.41, 5.74) is -1.45. The van der Waals surface area contributed by atoms with Crippen molar-refractivity contribution in [3.8, 4) is 17.2 Å². The molecular weight excluding hydrogens is 378 g/mol. The van der Waals surface area contributed by atoms with Gasteiger partial charge in [0.15, 0.2) is 17.3 Å². The van der Waals surface area contributed by atoms with Crippen LogP contribution in [0, 0.1) is 6.92 Å². The minimum atomic E-state index is -1.54. The molecule has 3 rings (SSSR count). The van der Waals surface area contributed by atoms with Gasteiger partial charge >= 0.3 is 0 Å². The maximum Gasteiger partial charge on any atom is 0.194 e. The van der Waals surface area contributed by atoms with E-state index in [1.54, 1.807) is 13.8 Å². The second kappa shape index (κ2) is 6.73. The van der Waals surface area contributed by atoms with Crippen LogP contribution in [0.15, 0.2) is 23.1 Å². The monoisotopic (exact) mass is 401 g/mol. The number of aliphatic hydroxyl groups is 1. The van der Waals surface area contributed by atoms with Gasteiger partial charge in [0.25, 0.3) is 0 Å². The van der Waals surface area contributed by atoms with Gasteiger partial charge in [-0.2, -0.15) is 0 Å². The molecule has 2 atom stereocenters. The molecule has 0 saturated heterocycles. The molecule has 8 heteroatoms. The van der Waals surface area contributed by atoms with Gasteiger partial charge in [-0.3, -0.25) is 14.4 Å². The number of phenols is 2. The number of phenolic OH excluding ortho intramolecular Hbond substituents is 2. The van der Waals surface area contributed by atoms with E-state index in [0.29, 0.717) is 0 Å². The van der Waals surface area contributed by atoms with Crippen LogP contribution in [0.3, 0.4) is 0 Å². The van der Waals surface area contributed by atoms with E-state index in [4.69, 9.17) is 4.74 Å². The van der Waals surface area contributed by atoms with Crippen molar-refractivity contribution in [2.45, 2.75) is 46.1 Å². The molecule has 0 amide bonds. The first-order chi connectivity index (χ1) is 13.4.